The molecule has 3 aromatic carbocycles. The van der Waals surface area contributed by atoms with E-state index in [1.807, 2.05) is 36.4 Å². The molecule has 6 heteroatoms. The summed E-state index contributed by atoms with van der Waals surface area (Å²) in [6, 6.07) is 21.0. The van der Waals surface area contributed by atoms with Gasteiger partial charge in [0.1, 0.15) is 18.8 Å². The molecule has 0 fully saturated rings. The number of hydrogen-bond acceptors (Lipinski definition) is 5. The molecule has 0 aliphatic heterocycles. The molecule has 1 aliphatic carbocycles. The number of rotatable bonds is 7. The topological polar surface area (TPSA) is 95.9 Å². The molecule has 1 aliphatic rings. The Morgan fingerprint density at radius 3 is 2.15 bits per heavy atom. The normalized spacial score (nSPS) is 14.2. The molecule has 2 atom stereocenters. The van der Waals surface area contributed by atoms with Crippen molar-refractivity contribution in [3.63, 3.8) is 0 Å². The van der Waals surface area contributed by atoms with Gasteiger partial charge < -0.3 is 20.3 Å². The number of hydrogen-bond donors (Lipinski definition) is 3. The van der Waals surface area contributed by atoms with Gasteiger partial charge in [-0.05, 0) is 47.2 Å². The van der Waals surface area contributed by atoms with Gasteiger partial charge in [0.25, 0.3) is 0 Å². The number of aliphatic hydroxyl groups excluding tert-OH is 2. The Morgan fingerprint density at radius 2 is 1.58 bits per heavy atom. The van der Waals surface area contributed by atoms with E-state index < -0.39 is 18.3 Å². The monoisotopic (exact) mass is 445 g/mol. The van der Waals surface area contributed by atoms with Crippen LogP contribution in [0, 0.1) is 6.92 Å². The van der Waals surface area contributed by atoms with Crippen molar-refractivity contribution in [1.29, 1.82) is 0 Å². The summed E-state index contributed by atoms with van der Waals surface area (Å²) in [5, 5.41) is 23.3. The van der Waals surface area contributed by atoms with Gasteiger partial charge in [0, 0.05) is 18.0 Å². The summed E-state index contributed by atoms with van der Waals surface area (Å²) in [7, 11) is 0. The number of aryl methyl sites for hydroxylation is 1. The number of amides is 1. The van der Waals surface area contributed by atoms with Crippen molar-refractivity contribution < 1.29 is 24.5 Å². The highest BCUT2D eigenvalue weighted by atomic mass is 16.5. The number of ether oxygens (including phenoxy) is 1. The molecule has 3 N–H and O–H groups in total. The summed E-state index contributed by atoms with van der Waals surface area (Å²) in [6.07, 6.45) is -3.10. The molecule has 1 amide bonds. The number of carbonyl (C=O) groups is 2. The molecule has 0 saturated carbocycles. The first-order valence-corrected chi connectivity index (χ1v) is 10.9. The van der Waals surface area contributed by atoms with Gasteiger partial charge in [-0.3, -0.25) is 4.79 Å². The number of carbonyl (C=O) groups excluding carboxylic acids is 2. The molecule has 0 heterocycles. The van der Waals surface area contributed by atoms with Gasteiger partial charge in [0.05, 0.1) is 0 Å². The third-order valence-electron chi connectivity index (χ3n) is 6.13. The van der Waals surface area contributed by atoms with E-state index in [2.05, 4.69) is 17.4 Å². The maximum absolute atomic E-state index is 12.3. The third kappa shape index (κ3) is 4.67. The lowest BCUT2D eigenvalue weighted by Gasteiger charge is -2.20. The molecule has 0 saturated heterocycles. The summed E-state index contributed by atoms with van der Waals surface area (Å²) in [4.78, 5) is 23.9. The molecule has 0 spiro atoms. The Hall–Kier alpha value is -3.48. The lowest BCUT2D eigenvalue weighted by atomic mass is 9.97. The number of aliphatic hydroxyl groups is 2. The van der Waals surface area contributed by atoms with Crippen LogP contribution in [0.15, 0.2) is 66.7 Å². The average Bonchev–Trinajstić information content (AvgIpc) is 3.14. The molecule has 3 aromatic rings. The van der Waals surface area contributed by atoms with Crippen LogP contribution in [0.4, 0.5) is 4.79 Å². The zero-order chi connectivity index (χ0) is 23.5. The van der Waals surface area contributed by atoms with Crippen molar-refractivity contribution >= 4 is 11.9 Å². The summed E-state index contributed by atoms with van der Waals surface area (Å²) in [5.41, 5.74) is 6.28. The quantitative estimate of drug-likeness (QED) is 0.475. The fourth-order valence-electron chi connectivity index (χ4n) is 4.44. The molecule has 2 unspecified atom stereocenters. The first-order chi connectivity index (χ1) is 15.9. The summed E-state index contributed by atoms with van der Waals surface area (Å²) in [5.74, 6) is -0.118. The van der Waals surface area contributed by atoms with Crippen LogP contribution in [0.25, 0.3) is 11.1 Å². The average molecular weight is 446 g/mol. The van der Waals surface area contributed by atoms with Crippen molar-refractivity contribution in [3.8, 4) is 11.1 Å². The van der Waals surface area contributed by atoms with E-state index in [1.165, 1.54) is 6.92 Å². The van der Waals surface area contributed by atoms with Crippen LogP contribution in [-0.4, -0.2) is 41.3 Å². The minimum atomic E-state index is -1.23. The van der Waals surface area contributed by atoms with Crippen molar-refractivity contribution in [3.05, 3.63) is 94.5 Å². The van der Waals surface area contributed by atoms with Crippen LogP contribution in [0.2, 0.25) is 0 Å². The van der Waals surface area contributed by atoms with Crippen molar-refractivity contribution in [2.75, 3.05) is 13.2 Å². The van der Waals surface area contributed by atoms with E-state index in [0.717, 1.165) is 27.8 Å². The Balaban J connectivity index is 1.34. The zero-order valence-corrected chi connectivity index (χ0v) is 18.6. The van der Waals surface area contributed by atoms with Crippen LogP contribution in [0.1, 0.15) is 51.6 Å². The number of fused-ring (bicyclic) bond motifs is 3. The Labute approximate surface area is 192 Å². The molecule has 6 nitrogen and oxygen atoms in total. The Morgan fingerprint density at radius 1 is 0.970 bits per heavy atom. The minimum absolute atomic E-state index is 0.0542. The highest BCUT2D eigenvalue weighted by Crippen LogP contribution is 2.44. The van der Waals surface area contributed by atoms with Gasteiger partial charge >= 0.3 is 6.09 Å². The standard InChI is InChI=1S/C27H27NO5/c1-16-13-18(11-12-19(16)17(2)29)26(31)25(30)14-28-27(32)33-15-24-22-9-5-3-7-20(22)21-8-4-6-10-23(21)24/h3-13,24-26,30-31H,14-15H2,1-2H3,(H,28,32). The minimum Gasteiger partial charge on any atom is -0.449 e. The fourth-order valence-corrected chi connectivity index (χ4v) is 4.44. The molecule has 0 bridgehead atoms. The molecule has 170 valence electrons. The predicted octanol–water partition coefficient (Wildman–Crippen LogP) is 4.13. The SMILES string of the molecule is CC(=O)c1ccc(C(O)C(O)CNC(=O)OCC2c3ccccc3-c3ccccc32)cc1C. The molecular weight excluding hydrogens is 418 g/mol. The molecule has 4 rings (SSSR count). The largest absolute Gasteiger partial charge is 0.449 e. The van der Waals surface area contributed by atoms with E-state index in [1.54, 1.807) is 25.1 Å². The maximum Gasteiger partial charge on any atom is 0.407 e. The number of alkyl carbamates (subject to hydrolysis) is 1. The lowest BCUT2D eigenvalue weighted by molar-refractivity contribution is 0.0185. The molecule has 33 heavy (non-hydrogen) atoms. The number of benzene rings is 3. The van der Waals surface area contributed by atoms with Crippen molar-refractivity contribution in [2.24, 2.45) is 0 Å². The molecule has 0 aromatic heterocycles. The maximum atomic E-state index is 12.3. The second kappa shape index (κ2) is 9.57. The zero-order valence-electron chi connectivity index (χ0n) is 18.6. The third-order valence-corrected chi connectivity index (χ3v) is 6.13. The van der Waals surface area contributed by atoms with Gasteiger partial charge in [0.2, 0.25) is 0 Å². The van der Waals surface area contributed by atoms with Crippen LogP contribution in [0.3, 0.4) is 0 Å². The van der Waals surface area contributed by atoms with Crippen LogP contribution >= 0.6 is 0 Å². The summed E-state index contributed by atoms with van der Waals surface area (Å²) in [6.45, 7) is 3.25. The molecular formula is C27H27NO5. The highest BCUT2D eigenvalue weighted by Gasteiger charge is 2.29. The van der Waals surface area contributed by atoms with Crippen LogP contribution in [-0.2, 0) is 4.74 Å². The van der Waals surface area contributed by atoms with E-state index >= 15 is 0 Å². The van der Waals surface area contributed by atoms with E-state index in [-0.39, 0.29) is 24.9 Å². The van der Waals surface area contributed by atoms with Gasteiger partial charge in [-0.1, -0.05) is 66.7 Å². The highest BCUT2D eigenvalue weighted by molar-refractivity contribution is 5.95. The Kier molecular flexibility index (Phi) is 6.58. The number of nitrogens with one attached hydrogen (secondary N) is 1. The van der Waals surface area contributed by atoms with E-state index in [0.29, 0.717) is 11.1 Å². The smallest absolute Gasteiger partial charge is 0.407 e. The van der Waals surface area contributed by atoms with Crippen molar-refractivity contribution in [2.45, 2.75) is 32.0 Å². The predicted molar refractivity (Wildman–Crippen MR) is 125 cm³/mol. The van der Waals surface area contributed by atoms with Gasteiger partial charge in [-0.15, -0.1) is 0 Å². The van der Waals surface area contributed by atoms with Crippen LogP contribution in [0.5, 0.6) is 0 Å². The summed E-state index contributed by atoms with van der Waals surface area (Å²) < 4.78 is 5.46. The van der Waals surface area contributed by atoms with Crippen LogP contribution < -0.4 is 5.32 Å². The second-order valence-electron chi connectivity index (χ2n) is 8.35. The van der Waals surface area contributed by atoms with E-state index in [4.69, 9.17) is 4.74 Å². The first kappa shape index (κ1) is 22.7. The van der Waals surface area contributed by atoms with E-state index in [9.17, 15) is 19.8 Å². The van der Waals surface area contributed by atoms with Gasteiger partial charge in [-0.2, -0.15) is 0 Å². The van der Waals surface area contributed by atoms with Crippen molar-refractivity contribution in [1.82, 2.24) is 5.32 Å². The number of Topliss-reactive ketones (excluding diaryl/α,β-unsaturated/α-hetero) is 1. The summed E-state index contributed by atoms with van der Waals surface area (Å²) >= 11 is 0. The Bertz CT molecular complexity index is 1140. The first-order valence-electron chi connectivity index (χ1n) is 10.9. The number of ketones is 1. The lowest BCUT2D eigenvalue weighted by Crippen LogP contribution is -2.36. The van der Waals surface area contributed by atoms with Gasteiger partial charge in [0.15, 0.2) is 5.78 Å². The fraction of sp³-hybridized carbons (Fsp3) is 0.259. The van der Waals surface area contributed by atoms with Gasteiger partial charge in [-0.25, -0.2) is 4.79 Å². The second-order valence-corrected chi connectivity index (χ2v) is 8.35. The molecule has 0 radical (unpaired) electrons.